The summed E-state index contributed by atoms with van der Waals surface area (Å²) in [4.78, 5) is 2.44. The van der Waals surface area contributed by atoms with Crippen LogP contribution < -0.4 is 0 Å². The van der Waals surface area contributed by atoms with E-state index in [2.05, 4.69) is 54.9 Å². The normalized spacial score (nSPS) is 26.7. The summed E-state index contributed by atoms with van der Waals surface area (Å²) < 4.78 is 0. The lowest BCUT2D eigenvalue weighted by molar-refractivity contribution is 0.228. The maximum atomic E-state index is 4.02. The zero-order valence-corrected chi connectivity index (χ0v) is 9.45. The SMILES string of the molecule is C=CC1(Cc2ccccc2)CCCN1C. The summed E-state index contributed by atoms with van der Waals surface area (Å²) in [6, 6.07) is 10.7. The minimum atomic E-state index is 0.196. The Morgan fingerprint density at radius 2 is 2.13 bits per heavy atom. The maximum absolute atomic E-state index is 4.02. The van der Waals surface area contributed by atoms with E-state index in [9.17, 15) is 0 Å². The molecule has 0 bridgehead atoms. The number of likely N-dealkylation sites (N-methyl/N-ethyl adjacent to an activating group) is 1. The van der Waals surface area contributed by atoms with Gasteiger partial charge in [-0.25, -0.2) is 0 Å². The van der Waals surface area contributed by atoms with E-state index in [4.69, 9.17) is 0 Å². The lowest BCUT2D eigenvalue weighted by Gasteiger charge is -2.33. The fourth-order valence-electron chi connectivity index (χ4n) is 2.54. The van der Waals surface area contributed by atoms with E-state index in [0.29, 0.717) is 0 Å². The molecule has 0 aliphatic carbocycles. The number of hydrogen-bond acceptors (Lipinski definition) is 1. The molecule has 1 unspecified atom stereocenters. The second kappa shape index (κ2) is 4.19. The van der Waals surface area contributed by atoms with Crippen molar-refractivity contribution in [3.8, 4) is 0 Å². The summed E-state index contributed by atoms with van der Waals surface area (Å²) in [5.41, 5.74) is 1.60. The molecule has 1 saturated heterocycles. The van der Waals surface area contributed by atoms with Crippen LogP contribution in [0.2, 0.25) is 0 Å². The van der Waals surface area contributed by atoms with Crippen LogP contribution in [0.3, 0.4) is 0 Å². The second-order valence-corrected chi connectivity index (χ2v) is 4.50. The molecule has 15 heavy (non-hydrogen) atoms. The Morgan fingerprint density at radius 3 is 2.67 bits per heavy atom. The Morgan fingerprint density at radius 1 is 1.40 bits per heavy atom. The number of hydrogen-bond donors (Lipinski definition) is 0. The highest BCUT2D eigenvalue weighted by Gasteiger charge is 2.35. The molecule has 0 aromatic heterocycles. The average molecular weight is 201 g/mol. The zero-order valence-electron chi connectivity index (χ0n) is 9.45. The van der Waals surface area contributed by atoms with Gasteiger partial charge in [0.15, 0.2) is 0 Å². The Kier molecular flexibility index (Phi) is 2.92. The van der Waals surface area contributed by atoms with Crippen molar-refractivity contribution < 1.29 is 0 Å². The van der Waals surface area contributed by atoms with Gasteiger partial charge in [-0.05, 0) is 38.4 Å². The van der Waals surface area contributed by atoms with Gasteiger partial charge in [-0.3, -0.25) is 4.90 Å². The number of likely N-dealkylation sites (tertiary alicyclic amines) is 1. The molecule has 1 nitrogen and oxygen atoms in total. The third-order valence-electron chi connectivity index (χ3n) is 3.60. The van der Waals surface area contributed by atoms with Crippen molar-refractivity contribution in [2.45, 2.75) is 24.8 Å². The van der Waals surface area contributed by atoms with Gasteiger partial charge in [0.1, 0.15) is 0 Å². The fraction of sp³-hybridized carbons (Fsp3) is 0.429. The van der Waals surface area contributed by atoms with Gasteiger partial charge < -0.3 is 0 Å². The van der Waals surface area contributed by atoms with Gasteiger partial charge in [0.25, 0.3) is 0 Å². The molecule has 0 amide bonds. The largest absolute Gasteiger partial charge is 0.297 e. The first-order valence-electron chi connectivity index (χ1n) is 5.66. The molecule has 0 saturated carbocycles. The van der Waals surface area contributed by atoms with Gasteiger partial charge in [0.05, 0.1) is 0 Å². The quantitative estimate of drug-likeness (QED) is 0.680. The van der Waals surface area contributed by atoms with Crippen molar-refractivity contribution in [3.63, 3.8) is 0 Å². The van der Waals surface area contributed by atoms with Gasteiger partial charge >= 0.3 is 0 Å². The fourth-order valence-corrected chi connectivity index (χ4v) is 2.54. The van der Waals surface area contributed by atoms with E-state index in [1.807, 2.05) is 0 Å². The third-order valence-corrected chi connectivity index (χ3v) is 3.60. The molecule has 0 N–H and O–H groups in total. The lowest BCUT2D eigenvalue weighted by Crippen LogP contribution is -2.41. The van der Waals surface area contributed by atoms with Gasteiger partial charge in [0, 0.05) is 5.54 Å². The molecule has 2 rings (SSSR count). The van der Waals surface area contributed by atoms with E-state index in [-0.39, 0.29) is 5.54 Å². The molecule has 80 valence electrons. The summed E-state index contributed by atoms with van der Waals surface area (Å²) in [6.45, 7) is 5.21. The molecule has 1 aliphatic rings. The van der Waals surface area contributed by atoms with Crippen LogP contribution in [0.1, 0.15) is 18.4 Å². The third kappa shape index (κ3) is 1.98. The van der Waals surface area contributed by atoms with Gasteiger partial charge in [0.2, 0.25) is 0 Å². The van der Waals surface area contributed by atoms with E-state index >= 15 is 0 Å². The van der Waals surface area contributed by atoms with E-state index < -0.39 is 0 Å². The van der Waals surface area contributed by atoms with Crippen molar-refractivity contribution >= 4 is 0 Å². The first kappa shape index (κ1) is 10.4. The van der Waals surface area contributed by atoms with Crippen molar-refractivity contribution in [1.29, 1.82) is 0 Å². The van der Waals surface area contributed by atoms with Crippen LogP contribution in [0, 0.1) is 0 Å². The Hall–Kier alpha value is -1.08. The summed E-state index contributed by atoms with van der Waals surface area (Å²) in [6.07, 6.45) is 5.75. The van der Waals surface area contributed by atoms with Gasteiger partial charge in [-0.2, -0.15) is 0 Å². The minimum absolute atomic E-state index is 0.196. The number of benzene rings is 1. The predicted molar refractivity (Wildman–Crippen MR) is 64.9 cm³/mol. The first-order chi connectivity index (χ1) is 7.27. The summed E-state index contributed by atoms with van der Waals surface area (Å²) in [5.74, 6) is 0. The average Bonchev–Trinajstić information content (AvgIpc) is 2.62. The molecule has 1 aromatic carbocycles. The molecule has 1 heterocycles. The zero-order chi connectivity index (χ0) is 10.7. The Bertz CT molecular complexity index is 330. The van der Waals surface area contributed by atoms with Crippen LogP contribution in [0.4, 0.5) is 0 Å². The number of nitrogens with zero attached hydrogens (tertiary/aromatic N) is 1. The minimum Gasteiger partial charge on any atom is -0.297 e. The van der Waals surface area contributed by atoms with E-state index in [1.54, 1.807) is 0 Å². The van der Waals surface area contributed by atoms with Gasteiger partial charge in [-0.1, -0.05) is 36.4 Å². The highest BCUT2D eigenvalue weighted by molar-refractivity contribution is 5.22. The van der Waals surface area contributed by atoms with Crippen molar-refractivity contribution in [2.75, 3.05) is 13.6 Å². The van der Waals surface area contributed by atoms with Crippen LogP contribution in [-0.2, 0) is 6.42 Å². The van der Waals surface area contributed by atoms with Crippen LogP contribution in [0.15, 0.2) is 43.0 Å². The molecule has 0 spiro atoms. The molecular formula is C14H19N. The van der Waals surface area contributed by atoms with Crippen LogP contribution in [0.25, 0.3) is 0 Å². The van der Waals surface area contributed by atoms with Crippen molar-refractivity contribution in [3.05, 3.63) is 48.6 Å². The monoisotopic (exact) mass is 201 g/mol. The molecular weight excluding hydrogens is 182 g/mol. The smallest absolute Gasteiger partial charge is 0.0426 e. The highest BCUT2D eigenvalue weighted by atomic mass is 15.2. The van der Waals surface area contributed by atoms with Crippen molar-refractivity contribution in [1.82, 2.24) is 4.90 Å². The summed E-state index contributed by atoms with van der Waals surface area (Å²) in [5, 5.41) is 0. The molecule has 1 fully saturated rings. The molecule has 0 radical (unpaired) electrons. The van der Waals surface area contributed by atoms with E-state index in [1.165, 1.54) is 24.9 Å². The van der Waals surface area contributed by atoms with Crippen LogP contribution in [-0.4, -0.2) is 24.0 Å². The van der Waals surface area contributed by atoms with Crippen LogP contribution >= 0.6 is 0 Å². The number of rotatable bonds is 3. The molecule has 1 heteroatoms. The standard InChI is InChI=1S/C14H19N/c1-3-14(10-7-11-15(14)2)12-13-8-5-4-6-9-13/h3-6,8-9H,1,7,10-12H2,2H3. The van der Waals surface area contributed by atoms with Gasteiger partial charge in [-0.15, -0.1) is 6.58 Å². The van der Waals surface area contributed by atoms with E-state index in [0.717, 1.165) is 6.42 Å². The predicted octanol–water partition coefficient (Wildman–Crippen LogP) is 2.88. The Labute approximate surface area is 92.4 Å². The highest BCUT2D eigenvalue weighted by Crippen LogP contribution is 2.32. The van der Waals surface area contributed by atoms with Crippen LogP contribution in [0.5, 0.6) is 0 Å². The molecule has 1 aliphatic heterocycles. The summed E-state index contributed by atoms with van der Waals surface area (Å²) in [7, 11) is 2.21. The Balaban J connectivity index is 2.18. The van der Waals surface area contributed by atoms with Crippen molar-refractivity contribution in [2.24, 2.45) is 0 Å². The molecule has 1 atom stereocenters. The summed E-state index contributed by atoms with van der Waals surface area (Å²) >= 11 is 0. The topological polar surface area (TPSA) is 3.24 Å². The molecule has 1 aromatic rings. The first-order valence-corrected chi connectivity index (χ1v) is 5.66. The second-order valence-electron chi connectivity index (χ2n) is 4.50. The maximum Gasteiger partial charge on any atom is 0.0426 e. The lowest BCUT2D eigenvalue weighted by atomic mass is 9.88.